The summed E-state index contributed by atoms with van der Waals surface area (Å²) in [5.74, 6) is 1.04. The van der Waals surface area contributed by atoms with E-state index in [1.165, 1.54) is 28.9 Å². The van der Waals surface area contributed by atoms with E-state index in [4.69, 9.17) is 0 Å². The average Bonchev–Trinajstić information content (AvgIpc) is 3.17. The highest BCUT2D eigenvalue weighted by Crippen LogP contribution is 2.28. The first-order valence-electron chi connectivity index (χ1n) is 7.11. The molecule has 0 heterocycles. The van der Waals surface area contributed by atoms with Gasteiger partial charge >= 0.3 is 0 Å². The second kappa shape index (κ2) is 6.29. The van der Waals surface area contributed by atoms with Gasteiger partial charge in [-0.1, -0.05) is 17.7 Å². The minimum atomic E-state index is -0.119. The van der Waals surface area contributed by atoms with Gasteiger partial charge < -0.3 is 10.4 Å². The maximum atomic E-state index is 9.59. The third-order valence-electron chi connectivity index (χ3n) is 3.73. The quantitative estimate of drug-likeness (QED) is 0.751. The van der Waals surface area contributed by atoms with Crippen LogP contribution in [0.15, 0.2) is 23.1 Å². The van der Waals surface area contributed by atoms with Gasteiger partial charge in [0.05, 0.1) is 6.61 Å². The van der Waals surface area contributed by atoms with E-state index in [2.05, 4.69) is 44.3 Å². The van der Waals surface area contributed by atoms with E-state index >= 15 is 0 Å². The maximum Gasteiger partial charge on any atom is 0.0610 e. The Bertz CT molecular complexity index is 431. The molecule has 1 saturated carbocycles. The second-order valence-corrected chi connectivity index (χ2v) is 7.14. The number of nitrogens with one attached hydrogen (secondary N) is 1. The van der Waals surface area contributed by atoms with Crippen molar-refractivity contribution in [2.45, 2.75) is 56.5 Å². The zero-order valence-electron chi connectivity index (χ0n) is 12.2. The summed E-state index contributed by atoms with van der Waals surface area (Å²) in [7, 11) is 0. The van der Waals surface area contributed by atoms with E-state index in [0.29, 0.717) is 6.04 Å². The number of aliphatic hydroxyl groups is 1. The van der Waals surface area contributed by atoms with Gasteiger partial charge in [-0.25, -0.2) is 0 Å². The fourth-order valence-electron chi connectivity index (χ4n) is 2.17. The van der Waals surface area contributed by atoms with Crippen LogP contribution < -0.4 is 5.32 Å². The van der Waals surface area contributed by atoms with E-state index in [0.717, 1.165) is 12.2 Å². The first-order valence-corrected chi connectivity index (χ1v) is 8.09. The monoisotopic (exact) mass is 279 g/mol. The number of aliphatic hydroxyl groups excluding tert-OH is 1. The summed E-state index contributed by atoms with van der Waals surface area (Å²) >= 11 is 1.90. The van der Waals surface area contributed by atoms with Crippen LogP contribution in [0.3, 0.4) is 0 Å². The van der Waals surface area contributed by atoms with Crippen molar-refractivity contribution in [3.05, 3.63) is 29.3 Å². The smallest absolute Gasteiger partial charge is 0.0610 e. The van der Waals surface area contributed by atoms with Gasteiger partial charge in [-0.15, -0.1) is 11.8 Å². The molecule has 1 aromatic carbocycles. The molecule has 2 rings (SSSR count). The van der Waals surface area contributed by atoms with Gasteiger partial charge in [0, 0.05) is 16.5 Å². The first kappa shape index (κ1) is 14.9. The zero-order chi connectivity index (χ0) is 13.9. The van der Waals surface area contributed by atoms with Crippen molar-refractivity contribution >= 4 is 11.8 Å². The van der Waals surface area contributed by atoms with E-state index in [9.17, 15) is 5.11 Å². The predicted octanol–water partition coefficient (Wildman–Crippen LogP) is 3.29. The molecule has 2 N–H and O–H groups in total. The molecule has 0 radical (unpaired) electrons. The lowest BCUT2D eigenvalue weighted by molar-refractivity contribution is 0.169. The van der Waals surface area contributed by atoms with Crippen LogP contribution in [0, 0.1) is 13.8 Å². The number of hydrogen-bond acceptors (Lipinski definition) is 3. The first-order chi connectivity index (χ1) is 9.02. The zero-order valence-corrected chi connectivity index (χ0v) is 13.0. The highest BCUT2D eigenvalue weighted by Gasteiger charge is 2.31. The van der Waals surface area contributed by atoms with Gasteiger partial charge in [-0.2, -0.15) is 0 Å². The Labute approximate surface area is 121 Å². The molecule has 1 aliphatic rings. The summed E-state index contributed by atoms with van der Waals surface area (Å²) in [4.78, 5) is 1.37. The average molecular weight is 279 g/mol. The molecule has 2 nitrogen and oxygen atoms in total. The third kappa shape index (κ3) is 4.51. The van der Waals surface area contributed by atoms with Crippen molar-refractivity contribution in [2.75, 3.05) is 12.4 Å². The molecular weight excluding hydrogens is 254 g/mol. The van der Waals surface area contributed by atoms with Gasteiger partial charge in [0.1, 0.15) is 0 Å². The molecule has 0 aliphatic heterocycles. The number of thioether (sulfide) groups is 1. The van der Waals surface area contributed by atoms with Gasteiger partial charge in [0.15, 0.2) is 0 Å². The normalized spacial score (nSPS) is 18.3. The molecule has 0 bridgehead atoms. The van der Waals surface area contributed by atoms with Crippen LogP contribution in [0.1, 0.15) is 37.3 Å². The molecule has 19 heavy (non-hydrogen) atoms. The topological polar surface area (TPSA) is 32.3 Å². The third-order valence-corrected chi connectivity index (χ3v) is 4.89. The number of benzene rings is 1. The molecule has 1 atom stereocenters. The van der Waals surface area contributed by atoms with E-state index in [1.54, 1.807) is 0 Å². The van der Waals surface area contributed by atoms with Crippen molar-refractivity contribution in [2.24, 2.45) is 0 Å². The van der Waals surface area contributed by atoms with Crippen molar-refractivity contribution in [1.82, 2.24) is 5.32 Å². The standard InChI is InChI=1S/C16H25NOS/c1-12-4-5-13(2)15(10-12)19-9-8-16(3,11-18)17-14-6-7-14/h4-5,10,14,17-18H,6-9,11H2,1-3H3. The Morgan fingerprint density at radius 1 is 1.37 bits per heavy atom. The molecule has 1 aliphatic carbocycles. The Kier molecular flexibility index (Phi) is 4.93. The fraction of sp³-hybridized carbons (Fsp3) is 0.625. The van der Waals surface area contributed by atoms with Gasteiger partial charge in [0.2, 0.25) is 0 Å². The summed E-state index contributed by atoms with van der Waals surface area (Å²) in [5, 5.41) is 13.2. The molecule has 0 saturated heterocycles. The Morgan fingerprint density at radius 3 is 2.74 bits per heavy atom. The van der Waals surface area contributed by atoms with Crippen LogP contribution in [0.5, 0.6) is 0 Å². The Morgan fingerprint density at radius 2 is 2.11 bits per heavy atom. The van der Waals surface area contributed by atoms with Crippen LogP contribution in [-0.2, 0) is 0 Å². The summed E-state index contributed by atoms with van der Waals surface area (Å²) in [6, 6.07) is 7.24. The molecule has 0 spiro atoms. The van der Waals surface area contributed by atoms with Crippen molar-refractivity contribution < 1.29 is 5.11 Å². The van der Waals surface area contributed by atoms with Crippen molar-refractivity contribution in [3.8, 4) is 0 Å². The molecule has 0 amide bonds. The molecule has 1 unspecified atom stereocenters. The van der Waals surface area contributed by atoms with Crippen LogP contribution in [-0.4, -0.2) is 29.0 Å². The van der Waals surface area contributed by atoms with Crippen LogP contribution in [0.2, 0.25) is 0 Å². The lowest BCUT2D eigenvalue weighted by Gasteiger charge is -2.29. The SMILES string of the molecule is Cc1ccc(C)c(SCCC(C)(CO)NC2CC2)c1. The van der Waals surface area contributed by atoms with Crippen LogP contribution in [0.4, 0.5) is 0 Å². The molecule has 0 aromatic heterocycles. The molecular formula is C16H25NOS. The molecule has 1 aromatic rings. The van der Waals surface area contributed by atoms with Gasteiger partial charge in [-0.05, 0) is 57.4 Å². The highest BCUT2D eigenvalue weighted by atomic mass is 32.2. The molecule has 1 fully saturated rings. The minimum absolute atomic E-state index is 0.119. The van der Waals surface area contributed by atoms with Crippen LogP contribution in [0.25, 0.3) is 0 Å². The Hall–Kier alpha value is -0.510. The fourth-order valence-corrected chi connectivity index (χ4v) is 3.50. The summed E-state index contributed by atoms with van der Waals surface area (Å²) in [5.41, 5.74) is 2.54. The van der Waals surface area contributed by atoms with E-state index < -0.39 is 0 Å². The highest BCUT2D eigenvalue weighted by molar-refractivity contribution is 7.99. The summed E-state index contributed by atoms with van der Waals surface area (Å²) in [6.07, 6.45) is 3.53. The Balaban J connectivity index is 1.85. The summed E-state index contributed by atoms with van der Waals surface area (Å²) in [6.45, 7) is 6.65. The number of aryl methyl sites for hydroxylation is 2. The van der Waals surface area contributed by atoms with Crippen molar-refractivity contribution in [1.29, 1.82) is 0 Å². The number of rotatable bonds is 7. The molecule has 3 heteroatoms. The lowest BCUT2D eigenvalue weighted by atomic mass is 10.0. The van der Waals surface area contributed by atoms with Crippen LogP contribution >= 0.6 is 11.8 Å². The van der Waals surface area contributed by atoms with Gasteiger partial charge in [0.25, 0.3) is 0 Å². The minimum Gasteiger partial charge on any atom is -0.394 e. The second-order valence-electron chi connectivity index (χ2n) is 6.00. The van der Waals surface area contributed by atoms with E-state index in [1.807, 2.05) is 11.8 Å². The number of hydrogen-bond donors (Lipinski definition) is 2. The van der Waals surface area contributed by atoms with Gasteiger partial charge in [-0.3, -0.25) is 0 Å². The molecule has 106 valence electrons. The van der Waals surface area contributed by atoms with Crippen molar-refractivity contribution in [3.63, 3.8) is 0 Å². The predicted molar refractivity (Wildman–Crippen MR) is 82.9 cm³/mol. The largest absolute Gasteiger partial charge is 0.394 e. The maximum absolute atomic E-state index is 9.59. The lowest BCUT2D eigenvalue weighted by Crippen LogP contribution is -2.47. The summed E-state index contributed by atoms with van der Waals surface area (Å²) < 4.78 is 0. The van der Waals surface area contributed by atoms with E-state index in [-0.39, 0.29) is 12.1 Å².